The van der Waals surface area contributed by atoms with Crippen molar-refractivity contribution in [2.24, 2.45) is 5.73 Å². The number of amides is 1. The molecule has 0 aliphatic rings. The van der Waals surface area contributed by atoms with E-state index in [1.807, 2.05) is 19.9 Å². The number of phenols is 1. The predicted octanol–water partition coefficient (Wildman–Crippen LogP) is 2.02. The Morgan fingerprint density at radius 2 is 2.18 bits per heavy atom. The smallest absolute Gasteiger partial charge is 0.241 e. The molecular weight excluding hydrogens is 216 g/mol. The molecule has 1 atom stereocenters. The third-order valence-electron chi connectivity index (χ3n) is 2.66. The second-order valence-corrected chi connectivity index (χ2v) is 4.09. The van der Waals surface area contributed by atoms with Gasteiger partial charge in [0.1, 0.15) is 5.75 Å². The second-order valence-electron chi connectivity index (χ2n) is 4.09. The number of benzene rings is 1. The molecule has 0 aliphatic heterocycles. The van der Waals surface area contributed by atoms with Crippen LogP contribution in [0.2, 0.25) is 0 Å². The van der Waals surface area contributed by atoms with Crippen LogP contribution in [0.15, 0.2) is 18.2 Å². The molecule has 0 fully saturated rings. The molecule has 0 bridgehead atoms. The van der Waals surface area contributed by atoms with Gasteiger partial charge in [-0.1, -0.05) is 26.3 Å². The number of aromatic hydroxyl groups is 1. The Labute approximate surface area is 102 Å². The Balaban J connectivity index is 2.76. The van der Waals surface area contributed by atoms with E-state index < -0.39 is 6.04 Å². The second kappa shape index (κ2) is 6.25. The van der Waals surface area contributed by atoms with Crippen LogP contribution in [0.1, 0.15) is 32.3 Å². The number of nitrogens with one attached hydrogen (secondary N) is 1. The molecule has 0 saturated heterocycles. The van der Waals surface area contributed by atoms with Crippen molar-refractivity contribution in [1.29, 1.82) is 0 Å². The van der Waals surface area contributed by atoms with Crippen LogP contribution < -0.4 is 11.1 Å². The Morgan fingerprint density at radius 3 is 2.76 bits per heavy atom. The number of phenolic OH excluding ortho intramolecular Hbond substituents is 1. The van der Waals surface area contributed by atoms with Gasteiger partial charge < -0.3 is 16.2 Å². The van der Waals surface area contributed by atoms with Crippen molar-refractivity contribution in [3.05, 3.63) is 23.8 Å². The lowest BCUT2D eigenvalue weighted by molar-refractivity contribution is -0.117. The van der Waals surface area contributed by atoms with Gasteiger partial charge in [-0.05, 0) is 30.5 Å². The van der Waals surface area contributed by atoms with Crippen molar-refractivity contribution in [2.45, 2.75) is 39.2 Å². The van der Waals surface area contributed by atoms with Crippen molar-refractivity contribution in [2.75, 3.05) is 5.32 Å². The molecular formula is C13H20N2O2. The number of nitrogens with two attached hydrogens (primary N) is 1. The molecule has 0 radical (unpaired) electrons. The molecule has 0 unspecified atom stereocenters. The minimum absolute atomic E-state index is 0.0687. The average molecular weight is 236 g/mol. The molecule has 4 heteroatoms. The van der Waals surface area contributed by atoms with Crippen molar-refractivity contribution in [1.82, 2.24) is 0 Å². The average Bonchev–Trinajstić information content (AvgIpc) is 2.32. The van der Waals surface area contributed by atoms with E-state index in [-0.39, 0.29) is 11.7 Å². The third kappa shape index (κ3) is 3.75. The molecule has 0 spiro atoms. The number of hydrogen-bond acceptors (Lipinski definition) is 3. The first-order valence-corrected chi connectivity index (χ1v) is 5.96. The topological polar surface area (TPSA) is 75.4 Å². The van der Waals surface area contributed by atoms with E-state index in [0.717, 1.165) is 18.4 Å². The summed E-state index contributed by atoms with van der Waals surface area (Å²) in [4.78, 5) is 11.7. The largest absolute Gasteiger partial charge is 0.506 e. The van der Waals surface area contributed by atoms with Gasteiger partial charge in [0.25, 0.3) is 0 Å². The number of carbonyl (C=O) groups excluding carboxylic acids is 1. The van der Waals surface area contributed by atoms with Gasteiger partial charge in [-0.3, -0.25) is 4.79 Å². The zero-order chi connectivity index (χ0) is 12.8. The summed E-state index contributed by atoms with van der Waals surface area (Å²) in [6.45, 7) is 3.99. The highest BCUT2D eigenvalue weighted by atomic mass is 16.3. The first-order valence-electron chi connectivity index (χ1n) is 5.96. The van der Waals surface area contributed by atoms with Crippen molar-refractivity contribution >= 4 is 11.6 Å². The summed E-state index contributed by atoms with van der Waals surface area (Å²) in [5, 5.41) is 12.3. The zero-order valence-corrected chi connectivity index (χ0v) is 10.4. The summed E-state index contributed by atoms with van der Waals surface area (Å²) >= 11 is 0. The number of anilines is 1. The SMILES string of the molecule is CCC[C@H](N)C(=O)Nc1cc(CC)ccc1O. The molecule has 0 saturated carbocycles. The molecule has 17 heavy (non-hydrogen) atoms. The van der Waals surface area contributed by atoms with Crippen LogP contribution in [-0.4, -0.2) is 17.1 Å². The Kier molecular flexibility index (Phi) is 4.97. The number of hydrogen-bond donors (Lipinski definition) is 3. The quantitative estimate of drug-likeness (QED) is 0.685. The van der Waals surface area contributed by atoms with E-state index in [1.165, 1.54) is 0 Å². The maximum absolute atomic E-state index is 11.7. The fourth-order valence-electron chi connectivity index (χ4n) is 1.57. The van der Waals surface area contributed by atoms with E-state index in [2.05, 4.69) is 5.32 Å². The van der Waals surface area contributed by atoms with E-state index >= 15 is 0 Å². The molecule has 1 rings (SSSR count). The molecule has 1 aromatic rings. The maximum Gasteiger partial charge on any atom is 0.241 e. The fraction of sp³-hybridized carbons (Fsp3) is 0.462. The first kappa shape index (κ1) is 13.5. The summed E-state index contributed by atoms with van der Waals surface area (Å²) < 4.78 is 0. The van der Waals surface area contributed by atoms with Gasteiger partial charge in [0, 0.05) is 0 Å². The minimum atomic E-state index is -0.523. The number of rotatable bonds is 5. The van der Waals surface area contributed by atoms with Crippen LogP contribution in [0.3, 0.4) is 0 Å². The summed E-state index contributed by atoms with van der Waals surface area (Å²) in [5.74, 6) is -0.186. The van der Waals surface area contributed by atoms with Gasteiger partial charge in [0.05, 0.1) is 11.7 Å². The van der Waals surface area contributed by atoms with Crippen LogP contribution in [0.5, 0.6) is 5.75 Å². The number of aryl methyl sites for hydroxylation is 1. The van der Waals surface area contributed by atoms with Crippen LogP contribution in [0, 0.1) is 0 Å². The van der Waals surface area contributed by atoms with Gasteiger partial charge in [-0.25, -0.2) is 0 Å². The summed E-state index contributed by atoms with van der Waals surface area (Å²) in [6, 6.07) is 4.66. The van der Waals surface area contributed by atoms with Crippen LogP contribution in [0.4, 0.5) is 5.69 Å². The Bertz CT molecular complexity index is 391. The lowest BCUT2D eigenvalue weighted by atomic mass is 10.1. The van der Waals surface area contributed by atoms with Gasteiger partial charge in [-0.15, -0.1) is 0 Å². The van der Waals surface area contributed by atoms with E-state index in [1.54, 1.807) is 12.1 Å². The van der Waals surface area contributed by atoms with E-state index in [0.29, 0.717) is 12.1 Å². The van der Waals surface area contributed by atoms with E-state index in [4.69, 9.17) is 5.73 Å². The molecule has 94 valence electrons. The monoisotopic (exact) mass is 236 g/mol. The van der Waals surface area contributed by atoms with Crippen LogP contribution in [0.25, 0.3) is 0 Å². The molecule has 4 N–H and O–H groups in total. The summed E-state index contributed by atoms with van der Waals surface area (Å²) in [6.07, 6.45) is 2.35. The molecule has 0 heterocycles. The lowest BCUT2D eigenvalue weighted by Crippen LogP contribution is -2.35. The molecule has 1 aromatic carbocycles. The van der Waals surface area contributed by atoms with Crippen molar-refractivity contribution < 1.29 is 9.90 Å². The van der Waals surface area contributed by atoms with Gasteiger partial charge in [-0.2, -0.15) is 0 Å². The Morgan fingerprint density at radius 1 is 1.47 bits per heavy atom. The summed E-state index contributed by atoms with van der Waals surface area (Å²) in [7, 11) is 0. The maximum atomic E-state index is 11.7. The van der Waals surface area contributed by atoms with Gasteiger partial charge in [0.15, 0.2) is 0 Å². The van der Waals surface area contributed by atoms with Gasteiger partial charge >= 0.3 is 0 Å². The molecule has 0 aromatic heterocycles. The molecule has 1 amide bonds. The minimum Gasteiger partial charge on any atom is -0.506 e. The standard InChI is InChI=1S/C13H20N2O2/c1-3-5-10(14)13(17)15-11-8-9(4-2)6-7-12(11)16/h6-8,10,16H,3-5,14H2,1-2H3,(H,15,17)/t10-/m0/s1. The normalized spacial score (nSPS) is 12.2. The zero-order valence-electron chi connectivity index (χ0n) is 10.4. The van der Waals surface area contributed by atoms with E-state index in [9.17, 15) is 9.90 Å². The lowest BCUT2D eigenvalue weighted by Gasteiger charge is -2.13. The highest BCUT2D eigenvalue weighted by Gasteiger charge is 2.14. The van der Waals surface area contributed by atoms with Crippen molar-refractivity contribution in [3.8, 4) is 5.75 Å². The van der Waals surface area contributed by atoms with Gasteiger partial charge in [0.2, 0.25) is 5.91 Å². The predicted molar refractivity (Wildman–Crippen MR) is 69.0 cm³/mol. The van der Waals surface area contributed by atoms with Crippen LogP contribution >= 0.6 is 0 Å². The third-order valence-corrected chi connectivity index (χ3v) is 2.66. The Hall–Kier alpha value is -1.55. The number of carbonyl (C=O) groups is 1. The molecule has 4 nitrogen and oxygen atoms in total. The fourth-order valence-corrected chi connectivity index (χ4v) is 1.57. The first-order chi connectivity index (χ1) is 8.08. The highest BCUT2D eigenvalue weighted by molar-refractivity contribution is 5.95. The highest BCUT2D eigenvalue weighted by Crippen LogP contribution is 2.24. The van der Waals surface area contributed by atoms with Crippen LogP contribution in [-0.2, 0) is 11.2 Å². The molecule has 0 aliphatic carbocycles. The summed E-state index contributed by atoms with van der Waals surface area (Å²) in [5.41, 5.74) is 7.19. The van der Waals surface area contributed by atoms with Crippen molar-refractivity contribution in [3.63, 3.8) is 0 Å².